The standard InChI is InChI=1S/C12H19N7S/c1-3-4-9-10(20-18-15-9)11-14-12(17-16-11)19-6-5-13-8(2)7-19/h8,13H,3-7H2,1-2H3,(H,14,16,17). The number of hydrogen-bond donors (Lipinski definition) is 2. The lowest BCUT2D eigenvalue weighted by Crippen LogP contribution is -2.49. The maximum Gasteiger partial charge on any atom is 0.245 e. The first kappa shape index (κ1) is 13.4. The number of nitrogens with zero attached hydrogens (tertiary/aromatic N) is 5. The molecule has 8 heteroatoms. The summed E-state index contributed by atoms with van der Waals surface area (Å²) in [6, 6.07) is 0.464. The molecule has 3 rings (SSSR count). The Morgan fingerprint density at radius 2 is 2.35 bits per heavy atom. The van der Waals surface area contributed by atoms with Gasteiger partial charge in [0.2, 0.25) is 5.95 Å². The van der Waals surface area contributed by atoms with Crippen LogP contribution in [0.4, 0.5) is 5.95 Å². The van der Waals surface area contributed by atoms with Crippen molar-refractivity contribution in [2.45, 2.75) is 32.7 Å². The molecule has 1 aliphatic rings. The summed E-state index contributed by atoms with van der Waals surface area (Å²) in [4.78, 5) is 7.83. The first-order chi connectivity index (χ1) is 9.78. The molecular formula is C12H19N7S. The molecule has 0 bridgehead atoms. The summed E-state index contributed by atoms with van der Waals surface area (Å²) in [5.74, 6) is 1.55. The van der Waals surface area contributed by atoms with Crippen molar-refractivity contribution in [1.29, 1.82) is 0 Å². The van der Waals surface area contributed by atoms with Gasteiger partial charge in [0, 0.05) is 25.7 Å². The van der Waals surface area contributed by atoms with Gasteiger partial charge in [-0.05, 0) is 24.9 Å². The van der Waals surface area contributed by atoms with Gasteiger partial charge in [-0.2, -0.15) is 4.98 Å². The van der Waals surface area contributed by atoms with Crippen molar-refractivity contribution in [1.82, 2.24) is 30.1 Å². The van der Waals surface area contributed by atoms with Gasteiger partial charge in [-0.1, -0.05) is 17.8 Å². The third-order valence-corrected chi connectivity index (χ3v) is 4.16. The van der Waals surface area contributed by atoms with E-state index in [2.05, 4.69) is 48.8 Å². The van der Waals surface area contributed by atoms with E-state index in [9.17, 15) is 0 Å². The molecule has 2 aromatic heterocycles. The van der Waals surface area contributed by atoms with E-state index in [1.165, 1.54) is 11.5 Å². The Hall–Kier alpha value is -1.54. The van der Waals surface area contributed by atoms with Gasteiger partial charge in [0.25, 0.3) is 0 Å². The molecule has 7 nitrogen and oxygen atoms in total. The lowest BCUT2D eigenvalue weighted by Gasteiger charge is -2.30. The van der Waals surface area contributed by atoms with Crippen molar-refractivity contribution in [3.05, 3.63) is 5.69 Å². The van der Waals surface area contributed by atoms with Crippen molar-refractivity contribution in [2.24, 2.45) is 0 Å². The SMILES string of the molecule is CCCc1nnsc1-c1nc(N2CCNC(C)C2)n[nH]1. The molecule has 1 aliphatic heterocycles. The predicted molar refractivity (Wildman–Crippen MR) is 79.0 cm³/mol. The Labute approximate surface area is 122 Å². The van der Waals surface area contributed by atoms with Crippen molar-refractivity contribution in [3.63, 3.8) is 0 Å². The van der Waals surface area contributed by atoms with E-state index in [1.807, 2.05) is 0 Å². The van der Waals surface area contributed by atoms with Crippen molar-refractivity contribution >= 4 is 17.5 Å². The lowest BCUT2D eigenvalue weighted by molar-refractivity contribution is 0.480. The number of piperazine rings is 1. The predicted octanol–water partition coefficient (Wildman–Crippen LogP) is 1.07. The zero-order valence-corrected chi connectivity index (χ0v) is 12.6. The summed E-state index contributed by atoms with van der Waals surface area (Å²) >= 11 is 1.38. The Bertz CT molecular complexity index is 564. The smallest absolute Gasteiger partial charge is 0.245 e. The molecule has 20 heavy (non-hydrogen) atoms. The first-order valence-electron chi connectivity index (χ1n) is 7.00. The number of aromatic nitrogens is 5. The highest BCUT2D eigenvalue weighted by Gasteiger charge is 2.21. The summed E-state index contributed by atoms with van der Waals surface area (Å²) in [5, 5.41) is 15.0. The Balaban J connectivity index is 1.81. The van der Waals surface area contributed by atoms with Crippen LogP contribution in [0.15, 0.2) is 0 Å². The van der Waals surface area contributed by atoms with Crippen LogP contribution in [0.1, 0.15) is 26.0 Å². The number of aryl methyl sites for hydroxylation is 1. The molecule has 2 aromatic rings. The van der Waals surface area contributed by atoms with Gasteiger partial charge in [-0.25, -0.2) is 0 Å². The average molecular weight is 293 g/mol. The minimum Gasteiger partial charge on any atom is -0.337 e. The Morgan fingerprint density at radius 1 is 1.45 bits per heavy atom. The fraction of sp³-hybridized carbons (Fsp3) is 0.667. The second kappa shape index (κ2) is 5.84. The minimum atomic E-state index is 0.464. The van der Waals surface area contributed by atoms with E-state index >= 15 is 0 Å². The maximum absolute atomic E-state index is 4.62. The monoisotopic (exact) mass is 293 g/mol. The van der Waals surface area contributed by atoms with Gasteiger partial charge >= 0.3 is 0 Å². The van der Waals surface area contributed by atoms with Crippen LogP contribution in [-0.4, -0.2) is 50.4 Å². The van der Waals surface area contributed by atoms with Crippen molar-refractivity contribution < 1.29 is 0 Å². The molecule has 0 radical (unpaired) electrons. The van der Waals surface area contributed by atoms with E-state index in [0.29, 0.717) is 6.04 Å². The van der Waals surface area contributed by atoms with Gasteiger partial charge in [-0.15, -0.1) is 10.2 Å². The second-order valence-corrected chi connectivity index (χ2v) is 5.84. The molecule has 0 spiro atoms. The van der Waals surface area contributed by atoms with Crippen LogP contribution in [0.2, 0.25) is 0 Å². The number of H-pyrrole nitrogens is 1. The number of nitrogens with one attached hydrogen (secondary N) is 2. The van der Waals surface area contributed by atoms with Crippen molar-refractivity contribution in [2.75, 3.05) is 24.5 Å². The van der Waals surface area contributed by atoms with Crippen LogP contribution >= 0.6 is 11.5 Å². The first-order valence-corrected chi connectivity index (χ1v) is 7.77. The molecule has 108 valence electrons. The highest BCUT2D eigenvalue weighted by atomic mass is 32.1. The van der Waals surface area contributed by atoms with Gasteiger partial charge in [0.1, 0.15) is 4.88 Å². The summed E-state index contributed by atoms with van der Waals surface area (Å²) in [7, 11) is 0. The molecule has 0 aromatic carbocycles. The van der Waals surface area contributed by atoms with Crippen LogP contribution < -0.4 is 10.2 Å². The molecule has 1 atom stereocenters. The minimum absolute atomic E-state index is 0.464. The Kier molecular flexibility index (Phi) is 3.93. The van der Waals surface area contributed by atoms with E-state index in [-0.39, 0.29) is 0 Å². The molecule has 0 amide bonds. The molecule has 3 heterocycles. The molecular weight excluding hydrogens is 274 g/mol. The molecule has 2 N–H and O–H groups in total. The quantitative estimate of drug-likeness (QED) is 0.877. The topological polar surface area (TPSA) is 82.6 Å². The normalized spacial score (nSPS) is 19.5. The summed E-state index contributed by atoms with van der Waals surface area (Å²) < 4.78 is 4.03. The maximum atomic E-state index is 4.62. The van der Waals surface area contributed by atoms with E-state index in [1.54, 1.807) is 0 Å². The fourth-order valence-electron chi connectivity index (χ4n) is 2.40. The summed E-state index contributed by atoms with van der Waals surface area (Å²) in [6.07, 6.45) is 1.97. The number of aromatic amines is 1. The highest BCUT2D eigenvalue weighted by Crippen LogP contribution is 2.25. The lowest BCUT2D eigenvalue weighted by atomic mass is 10.2. The van der Waals surface area contributed by atoms with Crippen LogP contribution in [0, 0.1) is 0 Å². The van der Waals surface area contributed by atoms with Gasteiger partial charge in [0.05, 0.1) is 5.69 Å². The zero-order valence-electron chi connectivity index (χ0n) is 11.8. The average Bonchev–Trinajstić information content (AvgIpc) is 3.07. The van der Waals surface area contributed by atoms with E-state index in [0.717, 1.165) is 54.8 Å². The molecule has 0 saturated carbocycles. The summed E-state index contributed by atoms with van der Waals surface area (Å²) in [5.41, 5.74) is 1.01. The molecule has 0 aliphatic carbocycles. The molecule has 1 fully saturated rings. The second-order valence-electron chi connectivity index (χ2n) is 5.08. The fourth-order valence-corrected chi connectivity index (χ4v) is 3.05. The third-order valence-electron chi connectivity index (χ3n) is 3.38. The third kappa shape index (κ3) is 2.66. The number of anilines is 1. The van der Waals surface area contributed by atoms with Crippen LogP contribution in [0.25, 0.3) is 10.7 Å². The Morgan fingerprint density at radius 3 is 3.15 bits per heavy atom. The summed E-state index contributed by atoms with van der Waals surface area (Å²) in [6.45, 7) is 7.14. The largest absolute Gasteiger partial charge is 0.337 e. The highest BCUT2D eigenvalue weighted by molar-refractivity contribution is 7.09. The van der Waals surface area contributed by atoms with Crippen LogP contribution in [0.3, 0.4) is 0 Å². The van der Waals surface area contributed by atoms with Gasteiger partial charge < -0.3 is 10.2 Å². The number of rotatable bonds is 4. The molecule has 1 unspecified atom stereocenters. The van der Waals surface area contributed by atoms with Crippen LogP contribution in [-0.2, 0) is 6.42 Å². The van der Waals surface area contributed by atoms with Crippen LogP contribution in [0.5, 0.6) is 0 Å². The van der Waals surface area contributed by atoms with Crippen molar-refractivity contribution in [3.8, 4) is 10.7 Å². The van der Waals surface area contributed by atoms with E-state index in [4.69, 9.17) is 0 Å². The van der Waals surface area contributed by atoms with E-state index < -0.39 is 0 Å². The van der Waals surface area contributed by atoms with Gasteiger partial charge in [-0.3, -0.25) is 5.10 Å². The zero-order chi connectivity index (χ0) is 13.9. The number of hydrogen-bond acceptors (Lipinski definition) is 7. The van der Waals surface area contributed by atoms with Gasteiger partial charge in [0.15, 0.2) is 5.82 Å². The molecule has 1 saturated heterocycles.